The van der Waals surface area contributed by atoms with Gasteiger partial charge in [0.15, 0.2) is 0 Å². The highest BCUT2D eigenvalue weighted by Gasteiger charge is 2.38. The van der Waals surface area contributed by atoms with Crippen molar-refractivity contribution in [2.45, 2.75) is 71.4 Å². The highest BCUT2D eigenvalue weighted by atomic mass is 17.3. The van der Waals surface area contributed by atoms with Crippen LogP contribution in [0, 0.1) is 0 Å². The molecule has 1 heterocycles. The SMILES string of the molecule is CC(=O)O.CC1(C)CCC(C)(C)OOC(C)(CO)OO1. The third kappa shape index (κ3) is 8.44. The second kappa shape index (κ2) is 7.33. The molecule has 0 amide bonds. The molecule has 0 bridgehead atoms. The summed E-state index contributed by atoms with van der Waals surface area (Å²) >= 11 is 0. The lowest BCUT2D eigenvalue weighted by Gasteiger charge is -2.29. The number of aliphatic carboxylic acids is 1. The van der Waals surface area contributed by atoms with E-state index in [1.807, 2.05) is 27.7 Å². The van der Waals surface area contributed by atoms with Gasteiger partial charge < -0.3 is 10.2 Å². The van der Waals surface area contributed by atoms with E-state index in [2.05, 4.69) is 0 Å². The Bertz CT molecular complexity index is 288. The Morgan fingerprint density at radius 1 is 0.950 bits per heavy atom. The molecule has 2 N–H and O–H groups in total. The summed E-state index contributed by atoms with van der Waals surface area (Å²) in [7, 11) is 0. The number of hydrogen-bond acceptors (Lipinski definition) is 6. The largest absolute Gasteiger partial charge is 0.481 e. The molecule has 0 saturated carbocycles. The fourth-order valence-corrected chi connectivity index (χ4v) is 1.15. The fourth-order valence-electron chi connectivity index (χ4n) is 1.15. The first kappa shape index (κ1) is 19.3. The Kier molecular flexibility index (Phi) is 7.06. The van der Waals surface area contributed by atoms with Crippen molar-refractivity contribution in [2.24, 2.45) is 0 Å². The molecule has 20 heavy (non-hydrogen) atoms. The molecule has 0 aromatic carbocycles. The van der Waals surface area contributed by atoms with Gasteiger partial charge in [0.05, 0.1) is 11.2 Å². The molecule has 1 aliphatic heterocycles. The summed E-state index contributed by atoms with van der Waals surface area (Å²) in [6, 6.07) is 0. The van der Waals surface area contributed by atoms with Crippen LogP contribution < -0.4 is 0 Å². The molecule has 1 fully saturated rings. The normalized spacial score (nSPS) is 24.4. The van der Waals surface area contributed by atoms with Crippen LogP contribution in [0.1, 0.15) is 54.4 Å². The number of rotatable bonds is 1. The summed E-state index contributed by atoms with van der Waals surface area (Å²) in [5.74, 6) is -2.13. The van der Waals surface area contributed by atoms with Crippen LogP contribution in [-0.4, -0.2) is 39.8 Å². The second-order valence-electron chi connectivity index (χ2n) is 6.16. The van der Waals surface area contributed by atoms with E-state index in [9.17, 15) is 5.11 Å². The van der Waals surface area contributed by atoms with Gasteiger partial charge in [-0.15, -0.1) is 0 Å². The molecule has 0 aliphatic carbocycles. The minimum atomic E-state index is -1.29. The zero-order chi connectivity index (χ0) is 16.0. The Morgan fingerprint density at radius 2 is 1.25 bits per heavy atom. The molecule has 1 aliphatic rings. The number of carboxylic acids is 1. The van der Waals surface area contributed by atoms with E-state index in [4.69, 9.17) is 29.5 Å². The van der Waals surface area contributed by atoms with E-state index in [1.165, 1.54) is 0 Å². The average molecular weight is 294 g/mol. The fraction of sp³-hybridized carbons (Fsp3) is 0.923. The number of aliphatic hydroxyl groups is 1. The quantitative estimate of drug-likeness (QED) is 0.714. The van der Waals surface area contributed by atoms with Crippen molar-refractivity contribution in [3.05, 3.63) is 0 Å². The molecule has 120 valence electrons. The molecule has 7 heteroatoms. The van der Waals surface area contributed by atoms with Gasteiger partial charge in [-0.2, -0.15) is 9.78 Å². The van der Waals surface area contributed by atoms with E-state index in [-0.39, 0.29) is 6.61 Å². The molecular weight excluding hydrogens is 268 g/mol. The maximum Gasteiger partial charge on any atom is 0.300 e. The first-order valence-electron chi connectivity index (χ1n) is 6.45. The van der Waals surface area contributed by atoms with Gasteiger partial charge >= 0.3 is 0 Å². The number of carboxylic acid groups (broad SMARTS) is 1. The summed E-state index contributed by atoms with van der Waals surface area (Å²) in [6.07, 6.45) is 1.54. The van der Waals surface area contributed by atoms with Crippen LogP contribution in [-0.2, 0) is 24.3 Å². The van der Waals surface area contributed by atoms with Crippen molar-refractivity contribution in [2.75, 3.05) is 6.61 Å². The third-order valence-electron chi connectivity index (χ3n) is 2.50. The Labute approximate surface area is 119 Å². The summed E-state index contributed by atoms with van der Waals surface area (Å²) < 4.78 is 0. The van der Waals surface area contributed by atoms with Crippen LogP contribution in [0.4, 0.5) is 0 Å². The van der Waals surface area contributed by atoms with Gasteiger partial charge in [0, 0.05) is 6.92 Å². The van der Waals surface area contributed by atoms with Crippen LogP contribution >= 0.6 is 0 Å². The number of carbonyl (C=O) groups is 1. The van der Waals surface area contributed by atoms with Gasteiger partial charge in [0.1, 0.15) is 6.61 Å². The molecule has 0 unspecified atom stereocenters. The van der Waals surface area contributed by atoms with Gasteiger partial charge in [-0.25, -0.2) is 9.78 Å². The van der Waals surface area contributed by atoms with Crippen molar-refractivity contribution in [1.29, 1.82) is 0 Å². The topological polar surface area (TPSA) is 94.5 Å². The lowest BCUT2D eigenvalue weighted by molar-refractivity contribution is -0.535. The monoisotopic (exact) mass is 294 g/mol. The highest BCUT2D eigenvalue weighted by molar-refractivity contribution is 5.62. The molecule has 0 spiro atoms. The van der Waals surface area contributed by atoms with E-state index in [0.717, 1.165) is 19.8 Å². The third-order valence-corrected chi connectivity index (χ3v) is 2.50. The molecule has 7 nitrogen and oxygen atoms in total. The van der Waals surface area contributed by atoms with Crippen molar-refractivity contribution in [1.82, 2.24) is 0 Å². The molecule has 1 saturated heterocycles. The minimum absolute atomic E-state index is 0.348. The maximum absolute atomic E-state index is 9.19. The number of hydrogen-bond donors (Lipinski definition) is 2. The van der Waals surface area contributed by atoms with Gasteiger partial charge in [0.2, 0.25) is 0 Å². The van der Waals surface area contributed by atoms with Crippen molar-refractivity contribution in [3.63, 3.8) is 0 Å². The second-order valence-corrected chi connectivity index (χ2v) is 6.16. The standard InChI is InChI=1S/C11H22O5.C2H4O2/c1-9(2)6-7-10(3,4)14-16-11(5,8-12)15-13-9;1-2(3)4/h12H,6-8H2,1-5H3;1H3,(H,3,4). The van der Waals surface area contributed by atoms with Crippen LogP contribution in [0.15, 0.2) is 0 Å². The summed E-state index contributed by atoms with van der Waals surface area (Å²) in [6.45, 7) is 9.99. The van der Waals surface area contributed by atoms with Gasteiger partial charge in [0.25, 0.3) is 11.8 Å². The minimum Gasteiger partial charge on any atom is -0.481 e. The molecule has 0 radical (unpaired) electrons. The van der Waals surface area contributed by atoms with Crippen LogP contribution in [0.3, 0.4) is 0 Å². The Balaban J connectivity index is 0.000000796. The molecule has 1 rings (SSSR count). The zero-order valence-electron chi connectivity index (χ0n) is 13.1. The molecule has 0 atom stereocenters. The highest BCUT2D eigenvalue weighted by Crippen LogP contribution is 2.30. The predicted molar refractivity (Wildman–Crippen MR) is 70.5 cm³/mol. The van der Waals surface area contributed by atoms with Gasteiger partial charge in [-0.1, -0.05) is 0 Å². The van der Waals surface area contributed by atoms with Crippen molar-refractivity contribution in [3.8, 4) is 0 Å². The van der Waals surface area contributed by atoms with E-state index in [1.54, 1.807) is 6.92 Å². The summed E-state index contributed by atoms with van der Waals surface area (Å²) in [4.78, 5) is 29.8. The Hall–Kier alpha value is -0.730. The predicted octanol–water partition coefficient (Wildman–Crippen LogP) is 2.03. The first-order chi connectivity index (χ1) is 8.91. The molecule has 0 aromatic rings. The average Bonchev–Trinajstić information content (AvgIpc) is 2.34. The summed E-state index contributed by atoms with van der Waals surface area (Å²) in [5.41, 5.74) is -0.879. The number of aliphatic hydroxyl groups excluding tert-OH is 1. The molecule has 0 aromatic heterocycles. The lowest BCUT2D eigenvalue weighted by Crippen LogP contribution is -2.40. The van der Waals surface area contributed by atoms with Crippen molar-refractivity contribution < 1.29 is 34.6 Å². The van der Waals surface area contributed by atoms with Crippen LogP contribution in [0.5, 0.6) is 0 Å². The van der Waals surface area contributed by atoms with E-state index >= 15 is 0 Å². The lowest BCUT2D eigenvalue weighted by atomic mass is 9.94. The smallest absolute Gasteiger partial charge is 0.300 e. The zero-order valence-corrected chi connectivity index (χ0v) is 13.1. The maximum atomic E-state index is 9.19. The summed E-state index contributed by atoms with van der Waals surface area (Å²) in [5, 5.41) is 16.6. The van der Waals surface area contributed by atoms with Gasteiger partial charge in [-0.05, 0) is 47.5 Å². The van der Waals surface area contributed by atoms with E-state index < -0.39 is 23.0 Å². The molecular formula is C13H26O7. The Morgan fingerprint density at radius 3 is 1.50 bits per heavy atom. The van der Waals surface area contributed by atoms with Crippen LogP contribution in [0.2, 0.25) is 0 Å². The van der Waals surface area contributed by atoms with Crippen LogP contribution in [0.25, 0.3) is 0 Å². The first-order valence-corrected chi connectivity index (χ1v) is 6.45. The van der Waals surface area contributed by atoms with E-state index in [0.29, 0.717) is 0 Å². The van der Waals surface area contributed by atoms with Gasteiger partial charge in [-0.3, -0.25) is 4.79 Å². The van der Waals surface area contributed by atoms with Crippen molar-refractivity contribution >= 4 is 5.97 Å².